The molecule has 0 aliphatic rings. The highest BCUT2D eigenvalue weighted by molar-refractivity contribution is 5.83. The molecule has 0 radical (unpaired) electrons. The van der Waals surface area contributed by atoms with Gasteiger partial charge in [0.05, 0.1) is 17.8 Å². The van der Waals surface area contributed by atoms with Crippen LogP contribution in [0.1, 0.15) is 11.3 Å². The summed E-state index contributed by atoms with van der Waals surface area (Å²) in [4.78, 5) is 16.5. The molecule has 1 N–H and O–H groups in total. The van der Waals surface area contributed by atoms with Gasteiger partial charge in [0.2, 0.25) is 5.56 Å². The lowest BCUT2D eigenvalue weighted by atomic mass is 10.0. The van der Waals surface area contributed by atoms with E-state index in [4.69, 9.17) is 9.72 Å². The Bertz CT molecular complexity index is 1530. The second-order valence-corrected chi connectivity index (χ2v) is 8.19. The van der Waals surface area contributed by atoms with E-state index in [1.807, 2.05) is 67.8 Å². The smallest absolute Gasteiger partial charge is 0.250 e. The summed E-state index contributed by atoms with van der Waals surface area (Å²) >= 11 is 0. The van der Waals surface area contributed by atoms with Gasteiger partial charge in [-0.25, -0.2) is 4.98 Å². The number of aryl methyl sites for hydroxylation is 2. The standard InChI is InChI=1S/C27H24N4O3/c1-30-14-20(9-12-26(30)33)23-15-31(2)29-25(23)17-34-22-10-7-18(8-11-22)27-21(16-32)13-19-5-3-4-6-24(19)28-27/h3-15,32H,16-17H2,1-2H3. The molecule has 3 heterocycles. The second-order valence-electron chi connectivity index (χ2n) is 8.19. The quantitative estimate of drug-likeness (QED) is 0.420. The van der Waals surface area contributed by atoms with Crippen LogP contribution in [0.15, 0.2) is 83.9 Å². The topological polar surface area (TPSA) is 82.2 Å². The van der Waals surface area contributed by atoms with E-state index in [0.717, 1.165) is 44.5 Å². The molecule has 0 bridgehead atoms. The average molecular weight is 453 g/mol. The van der Waals surface area contributed by atoms with Crippen molar-refractivity contribution in [3.8, 4) is 28.1 Å². The predicted molar refractivity (Wildman–Crippen MR) is 131 cm³/mol. The van der Waals surface area contributed by atoms with E-state index in [2.05, 4.69) is 5.10 Å². The van der Waals surface area contributed by atoms with Gasteiger partial charge in [-0.2, -0.15) is 5.10 Å². The first kappa shape index (κ1) is 21.6. The molecule has 0 amide bonds. The summed E-state index contributed by atoms with van der Waals surface area (Å²) in [6, 6.07) is 20.9. The van der Waals surface area contributed by atoms with Crippen LogP contribution in [0.2, 0.25) is 0 Å². The second kappa shape index (κ2) is 8.96. The molecule has 0 atom stereocenters. The summed E-state index contributed by atoms with van der Waals surface area (Å²) in [5.74, 6) is 0.701. The van der Waals surface area contributed by atoms with Crippen molar-refractivity contribution < 1.29 is 9.84 Å². The van der Waals surface area contributed by atoms with Gasteiger partial charge >= 0.3 is 0 Å². The molecule has 0 unspecified atom stereocenters. The lowest BCUT2D eigenvalue weighted by Gasteiger charge is -2.11. The molecule has 7 nitrogen and oxygen atoms in total. The number of aliphatic hydroxyl groups excluding tert-OH is 1. The molecule has 0 spiro atoms. The first-order chi connectivity index (χ1) is 16.5. The van der Waals surface area contributed by atoms with Crippen molar-refractivity contribution in [2.24, 2.45) is 14.1 Å². The van der Waals surface area contributed by atoms with Crippen LogP contribution < -0.4 is 10.3 Å². The third kappa shape index (κ3) is 4.21. The third-order valence-electron chi connectivity index (χ3n) is 5.78. The van der Waals surface area contributed by atoms with Gasteiger partial charge < -0.3 is 14.4 Å². The Balaban J connectivity index is 1.38. The molecule has 0 saturated carbocycles. The summed E-state index contributed by atoms with van der Waals surface area (Å²) in [6.45, 7) is 0.202. The molecule has 0 saturated heterocycles. The Morgan fingerprint density at radius 3 is 2.47 bits per heavy atom. The van der Waals surface area contributed by atoms with Gasteiger partial charge in [0.25, 0.3) is 0 Å². The molecule has 0 fully saturated rings. The zero-order valence-electron chi connectivity index (χ0n) is 19.0. The molecule has 170 valence electrons. The zero-order chi connectivity index (χ0) is 23.7. The number of hydrogen-bond acceptors (Lipinski definition) is 5. The van der Waals surface area contributed by atoms with Crippen molar-refractivity contribution in [1.29, 1.82) is 0 Å². The average Bonchev–Trinajstić information content (AvgIpc) is 3.24. The minimum absolute atomic E-state index is 0.0595. The normalized spacial score (nSPS) is 11.1. The highest BCUT2D eigenvalue weighted by Gasteiger charge is 2.13. The third-order valence-corrected chi connectivity index (χ3v) is 5.78. The van der Waals surface area contributed by atoms with E-state index in [-0.39, 0.29) is 18.8 Å². The summed E-state index contributed by atoms with van der Waals surface area (Å²) in [7, 11) is 3.59. The van der Waals surface area contributed by atoms with Gasteiger partial charge in [-0.05, 0) is 42.5 Å². The van der Waals surface area contributed by atoms with Crippen molar-refractivity contribution in [3.63, 3.8) is 0 Å². The molecule has 5 rings (SSSR count). The fourth-order valence-corrected chi connectivity index (χ4v) is 4.03. The molecule has 0 aliphatic heterocycles. The largest absolute Gasteiger partial charge is 0.487 e. The monoisotopic (exact) mass is 452 g/mol. The number of fused-ring (bicyclic) bond motifs is 1. The SMILES string of the molecule is Cn1cc(-c2ccc(=O)n(C)c2)c(COc2ccc(-c3nc4ccccc4cc3CO)cc2)n1. The van der Waals surface area contributed by atoms with Crippen molar-refractivity contribution in [3.05, 3.63) is 101 Å². The minimum atomic E-state index is -0.0844. The van der Waals surface area contributed by atoms with Crippen LogP contribution in [0, 0.1) is 0 Å². The molecule has 34 heavy (non-hydrogen) atoms. The van der Waals surface area contributed by atoms with Crippen molar-refractivity contribution >= 4 is 10.9 Å². The summed E-state index contributed by atoms with van der Waals surface area (Å²) in [5.41, 5.74) is 5.88. The van der Waals surface area contributed by atoms with Crippen LogP contribution in [0.25, 0.3) is 33.3 Å². The number of nitrogens with zero attached hydrogens (tertiary/aromatic N) is 4. The van der Waals surface area contributed by atoms with Crippen molar-refractivity contribution in [2.45, 2.75) is 13.2 Å². The molecular formula is C27H24N4O3. The number of aliphatic hydroxyl groups is 1. The van der Waals surface area contributed by atoms with E-state index < -0.39 is 0 Å². The number of hydrogen-bond donors (Lipinski definition) is 1. The van der Waals surface area contributed by atoms with Crippen LogP contribution in [0.5, 0.6) is 5.75 Å². The van der Waals surface area contributed by atoms with E-state index in [1.165, 1.54) is 0 Å². The van der Waals surface area contributed by atoms with Gasteiger partial charge in [-0.1, -0.05) is 18.2 Å². The van der Waals surface area contributed by atoms with Crippen molar-refractivity contribution in [1.82, 2.24) is 19.3 Å². The fourth-order valence-electron chi connectivity index (χ4n) is 4.03. The number of aromatic nitrogens is 4. The summed E-state index contributed by atoms with van der Waals surface area (Å²) < 4.78 is 9.31. The molecule has 3 aromatic heterocycles. The first-order valence-corrected chi connectivity index (χ1v) is 10.9. The Labute approximate surface area is 196 Å². The first-order valence-electron chi connectivity index (χ1n) is 10.9. The van der Waals surface area contributed by atoms with Crippen LogP contribution >= 0.6 is 0 Å². The molecule has 5 aromatic rings. The molecular weight excluding hydrogens is 428 g/mol. The number of para-hydroxylation sites is 1. The lowest BCUT2D eigenvalue weighted by Crippen LogP contribution is -2.14. The minimum Gasteiger partial charge on any atom is -0.487 e. The van der Waals surface area contributed by atoms with E-state index in [0.29, 0.717) is 5.75 Å². The molecule has 2 aromatic carbocycles. The fraction of sp³-hybridized carbons (Fsp3) is 0.148. The van der Waals surface area contributed by atoms with Gasteiger partial charge in [0, 0.05) is 60.2 Å². The van der Waals surface area contributed by atoms with Crippen molar-refractivity contribution in [2.75, 3.05) is 0 Å². The van der Waals surface area contributed by atoms with Crippen LogP contribution in [-0.2, 0) is 27.3 Å². The highest BCUT2D eigenvalue weighted by Crippen LogP contribution is 2.28. The Morgan fingerprint density at radius 2 is 1.71 bits per heavy atom. The zero-order valence-corrected chi connectivity index (χ0v) is 19.0. The lowest BCUT2D eigenvalue weighted by molar-refractivity contribution is 0.282. The van der Waals surface area contributed by atoms with Gasteiger partial charge in [-0.3, -0.25) is 9.48 Å². The highest BCUT2D eigenvalue weighted by atomic mass is 16.5. The van der Waals surface area contributed by atoms with Gasteiger partial charge in [0.15, 0.2) is 0 Å². The number of rotatable bonds is 6. The maximum Gasteiger partial charge on any atom is 0.250 e. The molecule has 0 aliphatic carbocycles. The van der Waals surface area contributed by atoms with E-state index in [9.17, 15) is 9.90 Å². The Morgan fingerprint density at radius 1 is 0.941 bits per heavy atom. The predicted octanol–water partition coefficient (Wildman–Crippen LogP) is 4.07. The molecule has 7 heteroatoms. The van der Waals surface area contributed by atoms with Gasteiger partial charge in [-0.15, -0.1) is 0 Å². The van der Waals surface area contributed by atoms with E-state index >= 15 is 0 Å². The Hall–Kier alpha value is -4.23. The van der Waals surface area contributed by atoms with Crippen LogP contribution in [0.4, 0.5) is 0 Å². The summed E-state index contributed by atoms with van der Waals surface area (Å²) in [6.07, 6.45) is 3.72. The maximum atomic E-state index is 11.7. The van der Waals surface area contributed by atoms with Crippen LogP contribution in [-0.4, -0.2) is 24.4 Å². The maximum absolute atomic E-state index is 11.7. The number of benzene rings is 2. The number of ether oxygens (including phenoxy) is 1. The Kier molecular flexibility index (Phi) is 5.69. The van der Waals surface area contributed by atoms with Gasteiger partial charge in [0.1, 0.15) is 18.1 Å². The summed E-state index contributed by atoms with van der Waals surface area (Å²) in [5, 5.41) is 15.4. The van der Waals surface area contributed by atoms with Crippen LogP contribution in [0.3, 0.4) is 0 Å². The van der Waals surface area contributed by atoms with E-state index in [1.54, 1.807) is 34.6 Å². The number of pyridine rings is 2.